The Bertz CT molecular complexity index is 1570. The number of rotatable bonds is 6. The molecule has 5 rings (SSSR count). The van der Waals surface area contributed by atoms with Gasteiger partial charge in [0.1, 0.15) is 0 Å². The molecular formula is C27H26ClN5O2S2. The van der Waals surface area contributed by atoms with Crippen molar-refractivity contribution < 1.29 is 8.42 Å². The largest absolute Gasteiger partial charge is 0.351 e. The van der Waals surface area contributed by atoms with Crippen LogP contribution in [0.1, 0.15) is 34.7 Å². The zero-order valence-electron chi connectivity index (χ0n) is 20.5. The van der Waals surface area contributed by atoms with Crippen molar-refractivity contribution in [1.29, 1.82) is 0 Å². The van der Waals surface area contributed by atoms with Crippen molar-refractivity contribution in [3.8, 4) is 5.69 Å². The van der Waals surface area contributed by atoms with Crippen molar-refractivity contribution in [2.45, 2.75) is 25.9 Å². The van der Waals surface area contributed by atoms with E-state index in [1.54, 1.807) is 18.3 Å². The third-order valence-corrected chi connectivity index (χ3v) is 7.56. The molecule has 1 aliphatic rings. The Kier molecular flexibility index (Phi) is 6.70. The van der Waals surface area contributed by atoms with Gasteiger partial charge in [0.05, 0.1) is 24.0 Å². The zero-order chi connectivity index (χ0) is 26.3. The highest BCUT2D eigenvalue weighted by Gasteiger charge is 2.42. The first-order valence-electron chi connectivity index (χ1n) is 11.7. The van der Waals surface area contributed by atoms with Crippen LogP contribution in [0, 0.1) is 13.8 Å². The predicted octanol–water partition coefficient (Wildman–Crippen LogP) is 5.69. The van der Waals surface area contributed by atoms with Crippen molar-refractivity contribution in [3.05, 3.63) is 107 Å². The van der Waals surface area contributed by atoms with Gasteiger partial charge in [0.25, 0.3) is 0 Å². The molecule has 0 radical (unpaired) electrons. The Balaban J connectivity index is 1.63. The van der Waals surface area contributed by atoms with E-state index in [1.165, 1.54) is 0 Å². The summed E-state index contributed by atoms with van der Waals surface area (Å²) in [6.07, 6.45) is 2.91. The maximum Gasteiger partial charge on any atom is 0.229 e. The van der Waals surface area contributed by atoms with Crippen LogP contribution < -0.4 is 14.9 Å². The number of aromatic nitrogens is 2. The van der Waals surface area contributed by atoms with E-state index >= 15 is 0 Å². The summed E-state index contributed by atoms with van der Waals surface area (Å²) in [5, 5.41) is 4.72. The summed E-state index contributed by atoms with van der Waals surface area (Å²) in [5.41, 5.74) is 6.42. The van der Waals surface area contributed by atoms with Gasteiger partial charge in [-0.3, -0.25) is 9.71 Å². The smallest absolute Gasteiger partial charge is 0.229 e. The Morgan fingerprint density at radius 2 is 1.76 bits per heavy atom. The Morgan fingerprint density at radius 1 is 1.00 bits per heavy atom. The van der Waals surface area contributed by atoms with E-state index in [1.807, 2.05) is 54.6 Å². The molecule has 2 aromatic heterocycles. The van der Waals surface area contributed by atoms with Gasteiger partial charge in [-0.05, 0) is 92.3 Å². The van der Waals surface area contributed by atoms with Crippen LogP contribution >= 0.6 is 23.8 Å². The van der Waals surface area contributed by atoms with Crippen LogP contribution in [-0.2, 0) is 10.0 Å². The van der Waals surface area contributed by atoms with Crippen LogP contribution in [0.25, 0.3) is 5.69 Å². The fourth-order valence-corrected chi connectivity index (χ4v) is 6.05. The first-order chi connectivity index (χ1) is 17.6. The van der Waals surface area contributed by atoms with Gasteiger partial charge in [0.2, 0.25) is 10.0 Å². The second-order valence-electron chi connectivity index (χ2n) is 9.06. The van der Waals surface area contributed by atoms with Crippen molar-refractivity contribution in [2.75, 3.05) is 15.9 Å². The van der Waals surface area contributed by atoms with Gasteiger partial charge in [-0.2, -0.15) is 0 Å². The van der Waals surface area contributed by atoms with Crippen LogP contribution in [0.15, 0.2) is 79.0 Å². The lowest BCUT2D eigenvalue weighted by Gasteiger charge is -2.28. The molecule has 37 heavy (non-hydrogen) atoms. The standard InChI is InChI=1S/C27H26ClN5O2S2/c1-17-15-23(18(2)32(17)22-8-6-7-19(28)16-22)26-25(24-9-4-5-14-29-24)30-27(36)33(26)21-12-10-20(11-13-21)31-37(3,34)35/h4-16,25-26,31H,1-3H3,(H,30,36)/t25-,26+/m1/s1. The molecule has 2 N–H and O–H groups in total. The molecular weight excluding hydrogens is 526 g/mol. The van der Waals surface area contributed by atoms with Gasteiger partial charge in [0.15, 0.2) is 5.11 Å². The quantitative estimate of drug-likeness (QED) is 0.300. The van der Waals surface area contributed by atoms with Gasteiger partial charge < -0.3 is 14.8 Å². The number of anilines is 2. The number of nitrogens with one attached hydrogen (secondary N) is 2. The second-order valence-corrected chi connectivity index (χ2v) is 11.6. The highest BCUT2D eigenvalue weighted by atomic mass is 35.5. The van der Waals surface area contributed by atoms with E-state index in [0.29, 0.717) is 15.8 Å². The van der Waals surface area contributed by atoms with E-state index in [9.17, 15) is 8.42 Å². The van der Waals surface area contributed by atoms with Gasteiger partial charge in [-0.25, -0.2) is 8.42 Å². The molecule has 0 bridgehead atoms. The highest BCUT2D eigenvalue weighted by Crippen LogP contribution is 2.44. The lowest BCUT2D eigenvalue weighted by Crippen LogP contribution is -2.29. The monoisotopic (exact) mass is 551 g/mol. The molecule has 3 heterocycles. The number of sulfonamides is 1. The van der Waals surface area contributed by atoms with Crippen LogP contribution in [0.5, 0.6) is 0 Å². The summed E-state index contributed by atoms with van der Waals surface area (Å²) in [5.74, 6) is 0. The minimum atomic E-state index is -3.38. The van der Waals surface area contributed by atoms with Crippen molar-refractivity contribution >= 4 is 50.3 Å². The molecule has 0 aliphatic carbocycles. The Morgan fingerprint density at radius 3 is 2.41 bits per heavy atom. The average molecular weight is 552 g/mol. The lowest BCUT2D eigenvalue weighted by atomic mass is 9.96. The molecule has 0 amide bonds. The van der Waals surface area contributed by atoms with Crippen molar-refractivity contribution in [3.63, 3.8) is 0 Å². The minimum absolute atomic E-state index is 0.198. The molecule has 0 spiro atoms. The van der Waals surface area contributed by atoms with E-state index in [-0.39, 0.29) is 12.1 Å². The SMILES string of the molecule is Cc1cc([C@H]2[C@@H](c3ccccn3)NC(=S)N2c2ccc(NS(C)(=O)=O)cc2)c(C)n1-c1cccc(Cl)c1. The fourth-order valence-electron chi connectivity index (χ4n) is 4.95. The minimum Gasteiger partial charge on any atom is -0.351 e. The molecule has 1 saturated heterocycles. The van der Waals surface area contributed by atoms with Crippen molar-refractivity contribution in [1.82, 2.24) is 14.9 Å². The average Bonchev–Trinajstić information content (AvgIpc) is 3.34. The summed E-state index contributed by atoms with van der Waals surface area (Å²) < 4.78 is 28.0. The highest BCUT2D eigenvalue weighted by molar-refractivity contribution is 7.92. The van der Waals surface area contributed by atoms with Crippen LogP contribution in [-0.4, -0.2) is 29.3 Å². The Hall–Kier alpha value is -3.40. The number of pyridine rings is 1. The summed E-state index contributed by atoms with van der Waals surface area (Å²) >= 11 is 12.2. The summed E-state index contributed by atoms with van der Waals surface area (Å²) in [6.45, 7) is 4.17. The lowest BCUT2D eigenvalue weighted by molar-refractivity contribution is 0.565. The number of aryl methyl sites for hydroxylation is 1. The molecule has 1 fully saturated rings. The summed E-state index contributed by atoms with van der Waals surface area (Å²) in [4.78, 5) is 6.70. The molecule has 2 aromatic carbocycles. The summed E-state index contributed by atoms with van der Waals surface area (Å²) in [7, 11) is -3.38. The van der Waals surface area contributed by atoms with Crippen molar-refractivity contribution in [2.24, 2.45) is 0 Å². The fraction of sp³-hybridized carbons (Fsp3) is 0.185. The van der Waals surface area contributed by atoms with Crippen LogP contribution in [0.4, 0.5) is 11.4 Å². The first-order valence-corrected chi connectivity index (χ1v) is 14.3. The maximum absolute atomic E-state index is 11.7. The van der Waals surface area contributed by atoms with E-state index in [0.717, 1.165) is 40.3 Å². The molecule has 4 aromatic rings. The van der Waals surface area contributed by atoms with Crippen LogP contribution in [0.3, 0.4) is 0 Å². The van der Waals surface area contributed by atoms with E-state index in [4.69, 9.17) is 23.8 Å². The molecule has 7 nitrogen and oxygen atoms in total. The number of thiocarbonyl (C=S) groups is 1. The number of hydrogen-bond donors (Lipinski definition) is 2. The van der Waals surface area contributed by atoms with Gasteiger partial charge >= 0.3 is 0 Å². The summed E-state index contributed by atoms with van der Waals surface area (Å²) in [6, 6.07) is 22.6. The predicted molar refractivity (Wildman–Crippen MR) is 153 cm³/mol. The normalized spacial score (nSPS) is 17.6. The number of nitrogens with zero attached hydrogens (tertiary/aromatic N) is 3. The third kappa shape index (κ3) is 5.07. The number of benzene rings is 2. The molecule has 0 unspecified atom stereocenters. The van der Waals surface area contributed by atoms with E-state index < -0.39 is 10.0 Å². The second kappa shape index (κ2) is 9.81. The van der Waals surface area contributed by atoms with E-state index in [2.05, 4.69) is 44.4 Å². The molecule has 1 aliphatic heterocycles. The number of halogens is 1. The topological polar surface area (TPSA) is 79.3 Å². The molecule has 0 saturated carbocycles. The first kappa shape index (κ1) is 25.3. The Labute approximate surface area is 227 Å². The van der Waals surface area contributed by atoms with Gasteiger partial charge in [-0.1, -0.05) is 23.7 Å². The van der Waals surface area contributed by atoms with Crippen LogP contribution in [0.2, 0.25) is 5.02 Å². The van der Waals surface area contributed by atoms with Gasteiger partial charge in [0, 0.05) is 39.7 Å². The molecule has 190 valence electrons. The van der Waals surface area contributed by atoms with Gasteiger partial charge in [-0.15, -0.1) is 0 Å². The number of hydrogen-bond acceptors (Lipinski definition) is 4. The zero-order valence-corrected chi connectivity index (χ0v) is 22.9. The molecule has 10 heteroatoms. The molecule has 2 atom stereocenters. The third-order valence-electron chi connectivity index (χ3n) is 6.40. The maximum atomic E-state index is 11.7.